The first-order chi connectivity index (χ1) is 16.7. The zero-order chi connectivity index (χ0) is 26.4. The van der Waals surface area contributed by atoms with Gasteiger partial charge >= 0.3 is 17.9 Å². The fraction of sp³-hybridized carbons (Fsp3) is 0.870. The summed E-state index contributed by atoms with van der Waals surface area (Å²) in [6.07, 6.45) is -7.13. The summed E-state index contributed by atoms with van der Waals surface area (Å²) in [5.74, 6) is -3.57. The molecule has 4 fully saturated rings. The average Bonchev–Trinajstić information content (AvgIpc) is 3.34. The minimum absolute atomic E-state index is 0.0663. The van der Waals surface area contributed by atoms with Gasteiger partial charge in [-0.3, -0.25) is 14.4 Å². The van der Waals surface area contributed by atoms with Gasteiger partial charge in [0, 0.05) is 20.8 Å². The van der Waals surface area contributed by atoms with E-state index in [1.807, 2.05) is 0 Å². The molecule has 0 spiro atoms. The Morgan fingerprint density at radius 2 is 1.25 bits per heavy atom. The van der Waals surface area contributed by atoms with Gasteiger partial charge in [-0.15, -0.1) is 0 Å². The molecule has 0 saturated carbocycles. The number of hydrogen-bond acceptors (Lipinski definition) is 13. The summed E-state index contributed by atoms with van der Waals surface area (Å²) in [6, 6.07) is 0. The number of ether oxygens (including phenoxy) is 10. The van der Waals surface area contributed by atoms with Crippen LogP contribution in [0.3, 0.4) is 0 Å². The van der Waals surface area contributed by atoms with Crippen LogP contribution < -0.4 is 0 Å². The van der Waals surface area contributed by atoms with E-state index in [0.717, 1.165) is 0 Å². The highest BCUT2D eigenvalue weighted by Gasteiger charge is 2.61. The van der Waals surface area contributed by atoms with Crippen molar-refractivity contribution in [3.8, 4) is 0 Å². The molecule has 0 aromatic heterocycles. The van der Waals surface area contributed by atoms with Gasteiger partial charge in [0.15, 0.2) is 36.4 Å². The maximum Gasteiger partial charge on any atom is 0.303 e. The lowest BCUT2D eigenvalue weighted by atomic mass is 9.99. The first-order valence-electron chi connectivity index (χ1n) is 11.9. The molecule has 4 rings (SSSR count). The van der Waals surface area contributed by atoms with Gasteiger partial charge in [0.25, 0.3) is 0 Å². The molecule has 0 N–H and O–H groups in total. The van der Waals surface area contributed by atoms with Crippen molar-refractivity contribution in [2.24, 2.45) is 0 Å². The van der Waals surface area contributed by atoms with Gasteiger partial charge in [-0.2, -0.15) is 0 Å². The summed E-state index contributed by atoms with van der Waals surface area (Å²) in [4.78, 5) is 34.9. The molecule has 0 aromatic rings. The van der Waals surface area contributed by atoms with Crippen molar-refractivity contribution in [2.45, 2.75) is 115 Å². The van der Waals surface area contributed by atoms with Gasteiger partial charge in [0.05, 0.1) is 6.61 Å². The Hall–Kier alpha value is -1.87. The van der Waals surface area contributed by atoms with E-state index < -0.39 is 84.8 Å². The highest BCUT2D eigenvalue weighted by molar-refractivity contribution is 5.68. The van der Waals surface area contributed by atoms with E-state index in [0.29, 0.717) is 0 Å². The van der Waals surface area contributed by atoms with Gasteiger partial charge in [0.2, 0.25) is 0 Å². The van der Waals surface area contributed by atoms with Crippen LogP contribution in [0, 0.1) is 0 Å². The quantitative estimate of drug-likeness (QED) is 0.342. The summed E-state index contributed by atoms with van der Waals surface area (Å²) in [6.45, 7) is 10.5. The van der Waals surface area contributed by atoms with Crippen LogP contribution in [0.5, 0.6) is 0 Å². The molecular weight excluding hydrogens is 484 g/mol. The van der Waals surface area contributed by atoms with Crippen LogP contribution in [-0.4, -0.2) is 98.0 Å². The molecule has 9 atom stereocenters. The largest absolute Gasteiger partial charge is 0.463 e. The van der Waals surface area contributed by atoms with Crippen LogP contribution in [0.4, 0.5) is 0 Å². The predicted octanol–water partition coefficient (Wildman–Crippen LogP) is 0.551. The smallest absolute Gasteiger partial charge is 0.303 e. The Kier molecular flexibility index (Phi) is 7.64. The minimum Gasteiger partial charge on any atom is -0.463 e. The summed E-state index contributed by atoms with van der Waals surface area (Å²) >= 11 is 0. The van der Waals surface area contributed by atoms with Crippen molar-refractivity contribution < 1.29 is 61.8 Å². The van der Waals surface area contributed by atoms with Crippen LogP contribution in [-0.2, 0) is 61.8 Å². The highest BCUT2D eigenvalue weighted by atomic mass is 16.9. The first kappa shape index (κ1) is 27.2. The fourth-order valence-electron chi connectivity index (χ4n) is 4.83. The number of esters is 3. The third kappa shape index (κ3) is 5.98. The number of carbonyl (C=O) groups excluding carboxylic acids is 3. The standard InChI is InChI=1S/C23H34O13/c1-10(24)27-8-13-15(29-11(2)25)18(30-12(3)26)20(31-13)28-9-14-16-17(34-22(4,5)33-16)19-21(32-14)36-23(6,7)35-19/h13-21H,8-9H2,1-7H3/t13-,14-,15+,16+,17+,18-,19-,20+,21-/m1/s1. The second kappa shape index (κ2) is 10.1. The molecule has 4 aliphatic rings. The van der Waals surface area contributed by atoms with Gasteiger partial charge in [-0.25, -0.2) is 0 Å². The third-order valence-corrected chi connectivity index (χ3v) is 6.00. The van der Waals surface area contributed by atoms with Crippen molar-refractivity contribution >= 4 is 17.9 Å². The molecule has 204 valence electrons. The maximum absolute atomic E-state index is 11.8. The van der Waals surface area contributed by atoms with E-state index in [4.69, 9.17) is 47.4 Å². The highest BCUT2D eigenvalue weighted by Crippen LogP contribution is 2.44. The lowest BCUT2D eigenvalue weighted by Crippen LogP contribution is -2.56. The minimum atomic E-state index is -1.15. The van der Waals surface area contributed by atoms with Crippen LogP contribution in [0.15, 0.2) is 0 Å². The van der Waals surface area contributed by atoms with E-state index in [9.17, 15) is 14.4 Å². The Balaban J connectivity index is 1.49. The summed E-state index contributed by atoms with van der Waals surface area (Å²) in [5.41, 5.74) is 0. The molecule has 0 aliphatic carbocycles. The first-order valence-corrected chi connectivity index (χ1v) is 11.9. The lowest BCUT2D eigenvalue weighted by Gasteiger charge is -2.37. The van der Waals surface area contributed by atoms with Crippen molar-refractivity contribution in [2.75, 3.05) is 13.2 Å². The Bertz CT molecular complexity index is 857. The Morgan fingerprint density at radius 1 is 0.667 bits per heavy atom. The van der Waals surface area contributed by atoms with Crippen molar-refractivity contribution in [1.82, 2.24) is 0 Å². The van der Waals surface area contributed by atoms with E-state index in [2.05, 4.69) is 0 Å². The monoisotopic (exact) mass is 518 g/mol. The second-order valence-electron chi connectivity index (χ2n) is 10.0. The number of hydrogen-bond donors (Lipinski definition) is 0. The predicted molar refractivity (Wildman–Crippen MR) is 115 cm³/mol. The Morgan fingerprint density at radius 3 is 1.89 bits per heavy atom. The van der Waals surface area contributed by atoms with Gasteiger partial charge < -0.3 is 47.4 Å². The zero-order valence-electron chi connectivity index (χ0n) is 21.4. The normalized spacial score (nSPS) is 40.2. The Labute approximate surface area is 208 Å². The summed E-state index contributed by atoms with van der Waals surface area (Å²) in [7, 11) is 0. The van der Waals surface area contributed by atoms with Crippen LogP contribution >= 0.6 is 0 Å². The fourth-order valence-corrected chi connectivity index (χ4v) is 4.83. The van der Waals surface area contributed by atoms with Crippen molar-refractivity contribution in [3.63, 3.8) is 0 Å². The van der Waals surface area contributed by atoms with E-state index in [1.54, 1.807) is 27.7 Å². The topological polar surface area (TPSA) is 144 Å². The van der Waals surface area contributed by atoms with Gasteiger partial charge in [-0.1, -0.05) is 0 Å². The molecule has 13 nitrogen and oxygen atoms in total. The number of fused-ring (bicyclic) bond motifs is 3. The molecule has 0 bridgehead atoms. The van der Waals surface area contributed by atoms with Crippen LogP contribution in [0.2, 0.25) is 0 Å². The molecule has 4 saturated heterocycles. The third-order valence-electron chi connectivity index (χ3n) is 6.00. The van der Waals surface area contributed by atoms with Crippen molar-refractivity contribution in [3.05, 3.63) is 0 Å². The SMILES string of the molecule is CC(=O)OC[C@H]1O[C@H](OC[C@H]2O[C@@H]3OC(C)(C)O[C@@H]3[C@H]3OC(C)(C)O[C@H]32)[C@H](OC(C)=O)[C@H]1OC(C)=O. The van der Waals surface area contributed by atoms with Gasteiger partial charge in [0.1, 0.15) is 37.1 Å². The van der Waals surface area contributed by atoms with Crippen molar-refractivity contribution in [1.29, 1.82) is 0 Å². The number of carbonyl (C=O) groups is 3. The molecule has 0 unspecified atom stereocenters. The average molecular weight is 519 g/mol. The summed E-state index contributed by atoms with van der Waals surface area (Å²) in [5, 5.41) is 0. The van der Waals surface area contributed by atoms with E-state index >= 15 is 0 Å². The van der Waals surface area contributed by atoms with Crippen LogP contribution in [0.25, 0.3) is 0 Å². The maximum atomic E-state index is 11.8. The molecule has 36 heavy (non-hydrogen) atoms. The zero-order valence-corrected chi connectivity index (χ0v) is 21.4. The lowest BCUT2D eigenvalue weighted by molar-refractivity contribution is -0.260. The van der Waals surface area contributed by atoms with E-state index in [-0.39, 0.29) is 13.2 Å². The molecule has 13 heteroatoms. The van der Waals surface area contributed by atoms with E-state index in [1.165, 1.54) is 20.8 Å². The molecule has 0 aromatic carbocycles. The molecule has 4 aliphatic heterocycles. The molecule has 0 radical (unpaired) electrons. The second-order valence-corrected chi connectivity index (χ2v) is 10.0. The number of rotatable bonds is 7. The molecule has 4 heterocycles. The van der Waals surface area contributed by atoms with Gasteiger partial charge in [-0.05, 0) is 27.7 Å². The van der Waals surface area contributed by atoms with Crippen LogP contribution in [0.1, 0.15) is 48.5 Å². The molecule has 0 amide bonds. The molecular formula is C23H34O13. The summed E-state index contributed by atoms with van der Waals surface area (Å²) < 4.78 is 57.8.